The SMILES string of the molecule is CSc1nc2ccc(NC(=O)[C@H](Cc3c[nH]c4ccccc34)NC(C)=O)cc2s1. The van der Waals surface area contributed by atoms with Crippen LogP contribution in [0.25, 0.3) is 21.1 Å². The molecule has 0 aliphatic carbocycles. The lowest BCUT2D eigenvalue weighted by Crippen LogP contribution is -2.44. The van der Waals surface area contributed by atoms with Crippen molar-refractivity contribution in [3.05, 3.63) is 54.2 Å². The van der Waals surface area contributed by atoms with E-state index in [0.717, 1.165) is 31.0 Å². The molecule has 2 aromatic carbocycles. The first-order chi connectivity index (χ1) is 14.0. The van der Waals surface area contributed by atoms with Crippen LogP contribution in [0.4, 0.5) is 5.69 Å². The largest absolute Gasteiger partial charge is 0.361 e. The number of para-hydroxylation sites is 1. The maximum absolute atomic E-state index is 13.0. The van der Waals surface area contributed by atoms with Crippen LogP contribution < -0.4 is 10.6 Å². The molecule has 0 aliphatic heterocycles. The lowest BCUT2D eigenvalue weighted by atomic mass is 10.0. The molecule has 148 valence electrons. The Kier molecular flexibility index (Phi) is 5.55. The van der Waals surface area contributed by atoms with Gasteiger partial charge in [0.1, 0.15) is 6.04 Å². The van der Waals surface area contributed by atoms with Gasteiger partial charge >= 0.3 is 0 Å². The number of nitrogens with zero attached hydrogens (tertiary/aromatic N) is 1. The van der Waals surface area contributed by atoms with Crippen molar-refractivity contribution in [1.82, 2.24) is 15.3 Å². The maximum Gasteiger partial charge on any atom is 0.247 e. The summed E-state index contributed by atoms with van der Waals surface area (Å²) in [6.07, 6.45) is 4.28. The van der Waals surface area contributed by atoms with E-state index in [1.807, 2.05) is 54.9 Å². The molecule has 4 aromatic rings. The second-order valence-corrected chi connectivity index (χ2v) is 8.76. The quantitative estimate of drug-likeness (QED) is 0.405. The van der Waals surface area contributed by atoms with Crippen molar-refractivity contribution in [2.75, 3.05) is 11.6 Å². The Labute approximate surface area is 176 Å². The van der Waals surface area contributed by atoms with E-state index in [2.05, 4.69) is 20.6 Å². The van der Waals surface area contributed by atoms with Crippen LogP contribution in [0.3, 0.4) is 0 Å². The minimum Gasteiger partial charge on any atom is -0.361 e. The zero-order valence-corrected chi connectivity index (χ0v) is 17.6. The Morgan fingerprint density at radius 2 is 2.07 bits per heavy atom. The number of thioether (sulfide) groups is 1. The van der Waals surface area contributed by atoms with Crippen molar-refractivity contribution in [1.29, 1.82) is 0 Å². The normalized spacial score (nSPS) is 12.2. The summed E-state index contributed by atoms with van der Waals surface area (Å²) in [5, 5.41) is 6.76. The van der Waals surface area contributed by atoms with Crippen molar-refractivity contribution in [3.63, 3.8) is 0 Å². The molecule has 2 heterocycles. The molecule has 4 rings (SSSR count). The highest BCUT2D eigenvalue weighted by atomic mass is 32.2. The highest BCUT2D eigenvalue weighted by Crippen LogP contribution is 2.30. The number of amides is 2. The van der Waals surface area contributed by atoms with Crippen LogP contribution in [0.5, 0.6) is 0 Å². The number of benzene rings is 2. The number of carbonyl (C=O) groups is 2. The molecule has 0 fully saturated rings. The summed E-state index contributed by atoms with van der Waals surface area (Å²) >= 11 is 3.19. The summed E-state index contributed by atoms with van der Waals surface area (Å²) in [4.78, 5) is 32.4. The fourth-order valence-electron chi connectivity index (χ4n) is 3.27. The minimum absolute atomic E-state index is 0.243. The van der Waals surface area contributed by atoms with Gasteiger partial charge in [-0.05, 0) is 36.1 Å². The molecule has 2 aromatic heterocycles. The predicted molar refractivity (Wildman–Crippen MR) is 120 cm³/mol. The van der Waals surface area contributed by atoms with E-state index in [9.17, 15) is 9.59 Å². The summed E-state index contributed by atoms with van der Waals surface area (Å²) in [7, 11) is 0. The summed E-state index contributed by atoms with van der Waals surface area (Å²) < 4.78 is 2.00. The molecule has 1 atom stereocenters. The van der Waals surface area contributed by atoms with Crippen molar-refractivity contribution < 1.29 is 9.59 Å². The van der Waals surface area contributed by atoms with Crippen molar-refractivity contribution in [3.8, 4) is 0 Å². The van der Waals surface area contributed by atoms with Gasteiger partial charge < -0.3 is 15.6 Å². The summed E-state index contributed by atoms with van der Waals surface area (Å²) in [5.74, 6) is -0.494. The van der Waals surface area contributed by atoms with E-state index in [0.29, 0.717) is 12.1 Å². The summed E-state index contributed by atoms with van der Waals surface area (Å²) in [5.41, 5.74) is 3.59. The van der Waals surface area contributed by atoms with E-state index in [-0.39, 0.29) is 11.8 Å². The predicted octanol–water partition coefficient (Wildman–Crippen LogP) is 4.19. The number of aromatic amines is 1. The molecule has 0 aliphatic rings. The third-order valence-electron chi connectivity index (χ3n) is 4.60. The van der Waals surface area contributed by atoms with Gasteiger partial charge in [0.2, 0.25) is 11.8 Å². The second kappa shape index (κ2) is 8.26. The fraction of sp³-hybridized carbons (Fsp3) is 0.190. The number of hydrogen-bond acceptors (Lipinski definition) is 5. The molecule has 0 bridgehead atoms. The number of nitrogens with one attached hydrogen (secondary N) is 3. The Morgan fingerprint density at radius 3 is 2.86 bits per heavy atom. The van der Waals surface area contributed by atoms with Gasteiger partial charge in [0.05, 0.1) is 10.2 Å². The molecule has 3 N–H and O–H groups in total. The molecule has 0 unspecified atom stereocenters. The molecule has 0 spiro atoms. The van der Waals surface area contributed by atoms with Crippen LogP contribution >= 0.6 is 23.1 Å². The van der Waals surface area contributed by atoms with Crippen LogP contribution in [0.2, 0.25) is 0 Å². The van der Waals surface area contributed by atoms with Crippen LogP contribution in [-0.4, -0.2) is 34.1 Å². The van der Waals surface area contributed by atoms with Crippen molar-refractivity contribution in [2.24, 2.45) is 0 Å². The number of fused-ring (bicyclic) bond motifs is 2. The van der Waals surface area contributed by atoms with Crippen LogP contribution in [-0.2, 0) is 16.0 Å². The molecule has 0 saturated carbocycles. The molecule has 0 radical (unpaired) electrons. The van der Waals surface area contributed by atoms with E-state index < -0.39 is 6.04 Å². The van der Waals surface area contributed by atoms with E-state index >= 15 is 0 Å². The highest BCUT2D eigenvalue weighted by molar-refractivity contribution is 8.00. The third-order valence-corrected chi connectivity index (χ3v) is 6.61. The number of aromatic nitrogens is 2. The average Bonchev–Trinajstić information content (AvgIpc) is 3.30. The Hall–Kier alpha value is -2.84. The summed E-state index contributed by atoms with van der Waals surface area (Å²) in [6.45, 7) is 1.42. The second-order valence-electron chi connectivity index (χ2n) is 6.67. The number of thiazole rings is 1. The molecule has 6 nitrogen and oxygen atoms in total. The molecular weight excluding hydrogens is 404 g/mol. The highest BCUT2D eigenvalue weighted by Gasteiger charge is 2.22. The smallest absolute Gasteiger partial charge is 0.247 e. The standard InChI is InChI=1S/C21H20N4O2S2/c1-12(26)23-18(9-13-11-22-16-6-4-3-5-15(13)16)20(27)24-14-7-8-17-19(10-14)29-21(25-17)28-2/h3-8,10-11,18,22H,9H2,1-2H3,(H,23,26)(H,24,27)/t18-/m0/s1. The third kappa shape index (κ3) is 4.28. The van der Waals surface area contributed by atoms with Crippen LogP contribution in [0, 0.1) is 0 Å². The van der Waals surface area contributed by atoms with Gasteiger partial charge in [0.25, 0.3) is 0 Å². The molecule has 0 saturated heterocycles. The van der Waals surface area contributed by atoms with Crippen LogP contribution in [0.1, 0.15) is 12.5 Å². The number of rotatable bonds is 6. The van der Waals surface area contributed by atoms with Crippen molar-refractivity contribution >= 4 is 61.7 Å². The number of H-pyrrole nitrogens is 1. The van der Waals surface area contributed by atoms with Crippen molar-refractivity contribution in [2.45, 2.75) is 23.7 Å². The topological polar surface area (TPSA) is 86.9 Å². The minimum atomic E-state index is -0.675. The van der Waals surface area contributed by atoms with E-state index in [1.165, 1.54) is 6.92 Å². The Morgan fingerprint density at radius 1 is 1.24 bits per heavy atom. The molecule has 8 heteroatoms. The first kappa shape index (κ1) is 19.5. The first-order valence-corrected chi connectivity index (χ1v) is 11.1. The first-order valence-electron chi connectivity index (χ1n) is 9.11. The Bertz CT molecular complexity index is 1200. The molecular formula is C21H20N4O2S2. The van der Waals surface area contributed by atoms with E-state index in [4.69, 9.17) is 0 Å². The average molecular weight is 425 g/mol. The zero-order chi connectivity index (χ0) is 20.4. The Balaban J connectivity index is 1.56. The van der Waals surface area contributed by atoms with Gasteiger partial charge in [0, 0.05) is 36.1 Å². The zero-order valence-electron chi connectivity index (χ0n) is 16.0. The monoisotopic (exact) mass is 424 g/mol. The number of hydrogen-bond donors (Lipinski definition) is 3. The van der Waals surface area contributed by atoms with Gasteiger partial charge in [-0.15, -0.1) is 11.3 Å². The van der Waals surface area contributed by atoms with Gasteiger partial charge in [-0.1, -0.05) is 30.0 Å². The van der Waals surface area contributed by atoms with Crippen LogP contribution in [0.15, 0.2) is 53.0 Å². The van der Waals surface area contributed by atoms with Gasteiger partial charge in [0.15, 0.2) is 4.34 Å². The maximum atomic E-state index is 13.0. The lowest BCUT2D eigenvalue weighted by molar-refractivity contribution is -0.125. The summed E-state index contributed by atoms with van der Waals surface area (Å²) in [6, 6.07) is 12.9. The molecule has 2 amide bonds. The number of carbonyl (C=O) groups excluding carboxylic acids is 2. The number of anilines is 1. The van der Waals surface area contributed by atoms with E-state index in [1.54, 1.807) is 23.1 Å². The molecule has 29 heavy (non-hydrogen) atoms. The lowest BCUT2D eigenvalue weighted by Gasteiger charge is -2.17. The van der Waals surface area contributed by atoms with Gasteiger partial charge in [-0.3, -0.25) is 9.59 Å². The van der Waals surface area contributed by atoms with Gasteiger partial charge in [-0.25, -0.2) is 4.98 Å². The van der Waals surface area contributed by atoms with Gasteiger partial charge in [-0.2, -0.15) is 0 Å². The fourth-order valence-corrected chi connectivity index (χ4v) is 4.80.